The van der Waals surface area contributed by atoms with Gasteiger partial charge in [-0.3, -0.25) is 0 Å². The van der Waals surface area contributed by atoms with Crippen molar-refractivity contribution in [3.8, 4) is 0 Å². The molecule has 0 aliphatic carbocycles. The minimum atomic E-state index is -4.31. The van der Waals surface area contributed by atoms with Gasteiger partial charge in [0.05, 0.1) is 5.56 Å². The highest BCUT2D eigenvalue weighted by Gasteiger charge is 2.30. The molecule has 4 heteroatoms. The van der Waals surface area contributed by atoms with Gasteiger partial charge in [0.15, 0.2) is 0 Å². The van der Waals surface area contributed by atoms with E-state index in [2.05, 4.69) is 6.07 Å². The zero-order valence-corrected chi connectivity index (χ0v) is 12.7. The van der Waals surface area contributed by atoms with Crippen LogP contribution >= 0.6 is 0 Å². The van der Waals surface area contributed by atoms with Gasteiger partial charge >= 0.3 is 6.18 Å². The van der Waals surface area contributed by atoms with Crippen LogP contribution < -0.4 is 5.73 Å². The molecule has 0 amide bonds. The van der Waals surface area contributed by atoms with E-state index >= 15 is 0 Å². The summed E-state index contributed by atoms with van der Waals surface area (Å²) in [6, 6.07) is 11.6. The molecule has 0 aliphatic heterocycles. The maximum Gasteiger partial charge on any atom is 0.416 e. The van der Waals surface area contributed by atoms with Gasteiger partial charge in [0, 0.05) is 5.92 Å². The second-order valence-corrected chi connectivity index (χ2v) is 5.68. The van der Waals surface area contributed by atoms with Crippen LogP contribution in [0.2, 0.25) is 0 Å². The van der Waals surface area contributed by atoms with Gasteiger partial charge in [-0.1, -0.05) is 36.4 Å². The van der Waals surface area contributed by atoms with Crippen molar-refractivity contribution in [2.75, 3.05) is 6.54 Å². The topological polar surface area (TPSA) is 26.0 Å². The van der Waals surface area contributed by atoms with Gasteiger partial charge in [0.25, 0.3) is 0 Å². The molecule has 22 heavy (non-hydrogen) atoms. The highest BCUT2D eigenvalue weighted by Crippen LogP contribution is 2.31. The second-order valence-electron chi connectivity index (χ2n) is 5.68. The van der Waals surface area contributed by atoms with Crippen LogP contribution in [0, 0.1) is 13.8 Å². The highest BCUT2D eigenvalue weighted by atomic mass is 19.4. The molecule has 2 aromatic carbocycles. The van der Waals surface area contributed by atoms with E-state index in [1.165, 1.54) is 23.3 Å². The molecule has 0 heterocycles. The third-order valence-electron chi connectivity index (χ3n) is 4.02. The van der Waals surface area contributed by atoms with Crippen LogP contribution in [0.3, 0.4) is 0 Å². The minimum absolute atomic E-state index is 0.0165. The molecule has 0 fully saturated rings. The average molecular weight is 307 g/mol. The molecule has 0 aromatic heterocycles. The lowest BCUT2D eigenvalue weighted by molar-refractivity contribution is -0.137. The van der Waals surface area contributed by atoms with Crippen LogP contribution in [0.1, 0.15) is 33.7 Å². The van der Waals surface area contributed by atoms with E-state index in [4.69, 9.17) is 5.73 Å². The maximum atomic E-state index is 12.8. The zero-order valence-electron chi connectivity index (χ0n) is 12.7. The number of halogens is 3. The van der Waals surface area contributed by atoms with Crippen molar-refractivity contribution >= 4 is 0 Å². The van der Waals surface area contributed by atoms with E-state index in [1.807, 2.05) is 26.0 Å². The van der Waals surface area contributed by atoms with Crippen LogP contribution in [0.5, 0.6) is 0 Å². The third-order valence-corrected chi connectivity index (χ3v) is 4.02. The minimum Gasteiger partial charge on any atom is -0.330 e. The average Bonchev–Trinajstić information content (AvgIpc) is 2.47. The number of aryl methyl sites for hydroxylation is 2. The Morgan fingerprint density at radius 2 is 1.73 bits per heavy atom. The number of hydrogen-bond acceptors (Lipinski definition) is 1. The summed E-state index contributed by atoms with van der Waals surface area (Å²) in [5.74, 6) is 0.0165. The molecule has 0 spiro atoms. The summed E-state index contributed by atoms with van der Waals surface area (Å²) in [7, 11) is 0. The predicted molar refractivity (Wildman–Crippen MR) is 82.9 cm³/mol. The first-order valence-electron chi connectivity index (χ1n) is 7.24. The number of benzene rings is 2. The Morgan fingerprint density at radius 1 is 1.00 bits per heavy atom. The fourth-order valence-electron chi connectivity index (χ4n) is 2.51. The molecule has 1 unspecified atom stereocenters. The molecule has 0 radical (unpaired) electrons. The number of alkyl halides is 3. The van der Waals surface area contributed by atoms with Gasteiger partial charge in [-0.25, -0.2) is 0 Å². The Balaban J connectivity index is 2.25. The monoisotopic (exact) mass is 307 g/mol. The summed E-state index contributed by atoms with van der Waals surface area (Å²) in [6.07, 6.45) is -3.81. The van der Waals surface area contributed by atoms with Crippen LogP contribution in [0.4, 0.5) is 13.2 Å². The SMILES string of the molecule is Cc1ccc(C(CN)Cc2cccc(C(F)(F)F)c2)cc1C. The lowest BCUT2D eigenvalue weighted by Gasteiger charge is -2.17. The van der Waals surface area contributed by atoms with Gasteiger partial charge in [-0.15, -0.1) is 0 Å². The van der Waals surface area contributed by atoms with Crippen molar-refractivity contribution < 1.29 is 13.2 Å². The molecule has 2 aromatic rings. The summed E-state index contributed by atoms with van der Waals surface area (Å²) < 4.78 is 38.3. The standard InChI is InChI=1S/C18H20F3N/c1-12-6-7-15(8-13(12)2)16(11-22)9-14-4-3-5-17(10-14)18(19,20)21/h3-8,10,16H,9,11,22H2,1-2H3. The Hall–Kier alpha value is -1.81. The number of hydrogen-bond donors (Lipinski definition) is 1. The van der Waals surface area contributed by atoms with Crippen LogP contribution in [0.15, 0.2) is 42.5 Å². The lowest BCUT2D eigenvalue weighted by Crippen LogP contribution is -2.16. The van der Waals surface area contributed by atoms with Crippen molar-refractivity contribution in [3.63, 3.8) is 0 Å². The van der Waals surface area contributed by atoms with Crippen molar-refractivity contribution in [1.82, 2.24) is 0 Å². The molecule has 2 rings (SSSR count). The number of nitrogens with two attached hydrogens (primary N) is 1. The van der Waals surface area contributed by atoms with E-state index in [0.29, 0.717) is 18.5 Å². The lowest BCUT2D eigenvalue weighted by atomic mass is 9.90. The summed E-state index contributed by atoms with van der Waals surface area (Å²) >= 11 is 0. The van der Waals surface area contributed by atoms with E-state index in [1.54, 1.807) is 6.07 Å². The van der Waals surface area contributed by atoms with Gasteiger partial charge in [0.1, 0.15) is 0 Å². The Morgan fingerprint density at radius 3 is 2.32 bits per heavy atom. The molecule has 0 aliphatic rings. The molecular weight excluding hydrogens is 287 g/mol. The van der Waals surface area contributed by atoms with E-state index in [9.17, 15) is 13.2 Å². The smallest absolute Gasteiger partial charge is 0.330 e. The molecule has 0 bridgehead atoms. The van der Waals surface area contributed by atoms with Crippen LogP contribution in [0.25, 0.3) is 0 Å². The molecule has 2 N–H and O–H groups in total. The Bertz CT molecular complexity index is 647. The summed E-state index contributed by atoms with van der Waals surface area (Å²) in [5, 5.41) is 0. The van der Waals surface area contributed by atoms with Gasteiger partial charge in [-0.05, 0) is 55.1 Å². The van der Waals surface area contributed by atoms with E-state index < -0.39 is 11.7 Å². The van der Waals surface area contributed by atoms with Gasteiger partial charge in [0.2, 0.25) is 0 Å². The molecule has 118 valence electrons. The maximum absolute atomic E-state index is 12.8. The summed E-state index contributed by atoms with van der Waals surface area (Å²) in [6.45, 7) is 4.46. The van der Waals surface area contributed by atoms with Crippen molar-refractivity contribution in [2.24, 2.45) is 5.73 Å². The Kier molecular flexibility index (Phi) is 4.91. The Labute approximate surface area is 129 Å². The summed E-state index contributed by atoms with van der Waals surface area (Å²) in [4.78, 5) is 0. The van der Waals surface area contributed by atoms with Crippen LogP contribution in [-0.2, 0) is 12.6 Å². The number of rotatable bonds is 4. The molecule has 0 saturated carbocycles. The fraction of sp³-hybridized carbons (Fsp3) is 0.333. The van der Waals surface area contributed by atoms with Gasteiger partial charge < -0.3 is 5.73 Å². The highest BCUT2D eigenvalue weighted by molar-refractivity contribution is 5.34. The first kappa shape index (κ1) is 16.6. The predicted octanol–water partition coefficient (Wildman–Crippen LogP) is 4.61. The van der Waals surface area contributed by atoms with E-state index in [0.717, 1.165) is 11.6 Å². The quantitative estimate of drug-likeness (QED) is 0.877. The first-order chi connectivity index (χ1) is 10.3. The van der Waals surface area contributed by atoms with Crippen molar-refractivity contribution in [3.05, 3.63) is 70.3 Å². The molecule has 1 atom stereocenters. The third kappa shape index (κ3) is 3.89. The van der Waals surface area contributed by atoms with Crippen molar-refractivity contribution in [2.45, 2.75) is 32.4 Å². The van der Waals surface area contributed by atoms with Crippen molar-refractivity contribution in [1.29, 1.82) is 0 Å². The largest absolute Gasteiger partial charge is 0.416 e. The first-order valence-corrected chi connectivity index (χ1v) is 7.24. The molecular formula is C18H20F3N. The molecule has 0 saturated heterocycles. The van der Waals surface area contributed by atoms with Gasteiger partial charge in [-0.2, -0.15) is 13.2 Å². The second kappa shape index (κ2) is 6.53. The normalized spacial score (nSPS) is 13.2. The fourth-order valence-corrected chi connectivity index (χ4v) is 2.51. The van der Waals surface area contributed by atoms with Crippen LogP contribution in [-0.4, -0.2) is 6.54 Å². The summed E-state index contributed by atoms with van der Waals surface area (Å²) in [5.41, 5.74) is 9.32. The van der Waals surface area contributed by atoms with E-state index in [-0.39, 0.29) is 5.92 Å². The zero-order chi connectivity index (χ0) is 16.3. The molecule has 1 nitrogen and oxygen atoms in total.